The van der Waals surface area contributed by atoms with Crippen molar-refractivity contribution < 1.29 is 17.2 Å². The van der Waals surface area contributed by atoms with Crippen LogP contribution in [0, 0.1) is 18.6 Å². The fourth-order valence-corrected chi connectivity index (χ4v) is 3.27. The summed E-state index contributed by atoms with van der Waals surface area (Å²) in [6.07, 6.45) is 2.28. The molecule has 0 bridgehead atoms. The molecule has 2 aromatic rings. The van der Waals surface area contributed by atoms with E-state index in [4.69, 9.17) is 0 Å². The van der Waals surface area contributed by atoms with Gasteiger partial charge in [-0.05, 0) is 41.4 Å². The number of nitrogens with one attached hydrogen (secondary N) is 1. The molecule has 0 saturated carbocycles. The Morgan fingerprint density at radius 3 is 2.68 bits per heavy atom. The molecule has 0 unspecified atom stereocenters. The molecule has 1 heterocycles. The average Bonchev–Trinajstić information content (AvgIpc) is 2.73. The van der Waals surface area contributed by atoms with Gasteiger partial charge in [-0.15, -0.1) is 0 Å². The zero-order chi connectivity index (χ0) is 16.3. The van der Waals surface area contributed by atoms with Crippen LogP contribution in [0.4, 0.5) is 8.78 Å². The van der Waals surface area contributed by atoms with Gasteiger partial charge in [0, 0.05) is 25.4 Å². The minimum Gasteiger partial charge on any atom is -0.271 e. The van der Waals surface area contributed by atoms with Gasteiger partial charge in [-0.25, -0.2) is 21.9 Å². The molecular weight excluding hydrogens is 380 g/mol. The number of nitrogens with zero attached hydrogens (tertiary/aromatic N) is 2. The van der Waals surface area contributed by atoms with Crippen molar-refractivity contribution in [2.45, 2.75) is 24.8 Å². The molecule has 1 aromatic heterocycles. The van der Waals surface area contributed by atoms with Crippen molar-refractivity contribution in [2.75, 3.05) is 6.54 Å². The molecular formula is C13H14BrF2N3O2S. The van der Waals surface area contributed by atoms with E-state index >= 15 is 0 Å². The molecule has 0 spiro atoms. The quantitative estimate of drug-likeness (QED) is 0.767. The molecule has 1 aromatic carbocycles. The summed E-state index contributed by atoms with van der Waals surface area (Å²) in [6, 6.07) is 2.35. The van der Waals surface area contributed by atoms with E-state index in [0.29, 0.717) is 19.0 Å². The summed E-state index contributed by atoms with van der Waals surface area (Å²) < 4.78 is 55.0. The number of rotatable bonds is 6. The van der Waals surface area contributed by atoms with Gasteiger partial charge in [-0.2, -0.15) is 5.10 Å². The highest BCUT2D eigenvalue weighted by Crippen LogP contribution is 2.15. The first-order chi connectivity index (χ1) is 10.3. The van der Waals surface area contributed by atoms with Crippen LogP contribution in [-0.4, -0.2) is 24.7 Å². The highest BCUT2D eigenvalue weighted by molar-refractivity contribution is 9.10. The molecule has 0 aliphatic rings. The first-order valence-electron chi connectivity index (χ1n) is 6.44. The minimum atomic E-state index is -4.00. The number of aryl methyl sites for hydroxylation is 2. The molecule has 22 heavy (non-hydrogen) atoms. The zero-order valence-corrected chi connectivity index (χ0v) is 14.1. The molecule has 0 fully saturated rings. The van der Waals surface area contributed by atoms with Gasteiger partial charge in [-0.3, -0.25) is 4.68 Å². The minimum absolute atomic E-state index is 0.121. The van der Waals surface area contributed by atoms with E-state index < -0.39 is 26.6 Å². The summed E-state index contributed by atoms with van der Waals surface area (Å²) in [4.78, 5) is -0.563. The van der Waals surface area contributed by atoms with E-state index in [2.05, 4.69) is 25.8 Å². The van der Waals surface area contributed by atoms with E-state index in [0.717, 1.165) is 22.3 Å². The maximum absolute atomic E-state index is 13.5. The van der Waals surface area contributed by atoms with Crippen LogP contribution in [-0.2, 0) is 16.6 Å². The standard InChI is InChI=1S/C13H14BrF2N3O2S/c1-9-11(14)8-19(18-9)6-2-5-17-22(20,21)13-4-3-10(15)7-12(13)16/h3-4,7-8,17H,2,5-6H2,1H3. The average molecular weight is 394 g/mol. The van der Waals surface area contributed by atoms with Crippen LogP contribution in [0.1, 0.15) is 12.1 Å². The summed E-state index contributed by atoms with van der Waals surface area (Å²) in [7, 11) is -4.00. The van der Waals surface area contributed by atoms with Gasteiger partial charge >= 0.3 is 0 Å². The van der Waals surface area contributed by atoms with Crippen LogP contribution in [0.25, 0.3) is 0 Å². The molecule has 5 nitrogen and oxygen atoms in total. The molecule has 0 amide bonds. The fraction of sp³-hybridized carbons (Fsp3) is 0.308. The third-order valence-electron chi connectivity index (χ3n) is 2.93. The van der Waals surface area contributed by atoms with E-state index in [-0.39, 0.29) is 6.54 Å². The van der Waals surface area contributed by atoms with Crippen LogP contribution >= 0.6 is 15.9 Å². The van der Waals surface area contributed by atoms with Crippen molar-refractivity contribution in [2.24, 2.45) is 0 Å². The summed E-state index contributed by atoms with van der Waals surface area (Å²) in [5, 5.41) is 4.22. The first-order valence-corrected chi connectivity index (χ1v) is 8.71. The normalized spacial score (nSPS) is 11.8. The molecule has 0 aliphatic carbocycles. The number of benzene rings is 1. The third-order valence-corrected chi connectivity index (χ3v) is 5.20. The summed E-state index contributed by atoms with van der Waals surface area (Å²) in [5.74, 6) is -1.93. The maximum Gasteiger partial charge on any atom is 0.243 e. The van der Waals surface area contributed by atoms with E-state index in [1.165, 1.54) is 0 Å². The van der Waals surface area contributed by atoms with Gasteiger partial charge in [0.05, 0.1) is 10.2 Å². The second-order valence-electron chi connectivity index (χ2n) is 4.65. The largest absolute Gasteiger partial charge is 0.271 e. The Morgan fingerprint density at radius 1 is 1.36 bits per heavy atom. The second kappa shape index (κ2) is 6.84. The van der Waals surface area contributed by atoms with Gasteiger partial charge in [0.15, 0.2) is 0 Å². The lowest BCUT2D eigenvalue weighted by atomic mass is 10.3. The molecule has 120 valence electrons. The zero-order valence-electron chi connectivity index (χ0n) is 11.7. The van der Waals surface area contributed by atoms with Crippen LogP contribution in [0.2, 0.25) is 0 Å². The predicted octanol–water partition coefficient (Wildman–Crippen LogP) is 2.60. The molecule has 0 atom stereocenters. The van der Waals surface area contributed by atoms with E-state index in [1.807, 2.05) is 6.92 Å². The molecule has 0 aliphatic heterocycles. The Morgan fingerprint density at radius 2 is 2.09 bits per heavy atom. The monoisotopic (exact) mass is 393 g/mol. The lowest BCUT2D eigenvalue weighted by Crippen LogP contribution is -2.26. The Bertz CT molecular complexity index is 758. The maximum atomic E-state index is 13.5. The predicted molar refractivity (Wildman–Crippen MR) is 80.8 cm³/mol. The van der Waals surface area contributed by atoms with Crippen molar-refractivity contribution in [1.29, 1.82) is 0 Å². The Kier molecular flexibility index (Phi) is 5.30. The SMILES string of the molecule is Cc1nn(CCCNS(=O)(=O)c2ccc(F)cc2F)cc1Br. The summed E-state index contributed by atoms with van der Waals surface area (Å²) in [5.41, 5.74) is 0.842. The lowest BCUT2D eigenvalue weighted by Gasteiger charge is -2.08. The third kappa shape index (κ3) is 4.11. The first kappa shape index (κ1) is 17.0. The topological polar surface area (TPSA) is 64.0 Å². The van der Waals surface area contributed by atoms with Gasteiger partial charge in [0.25, 0.3) is 0 Å². The van der Waals surface area contributed by atoms with Crippen LogP contribution < -0.4 is 4.72 Å². The fourth-order valence-electron chi connectivity index (χ4n) is 1.83. The molecule has 0 saturated heterocycles. The molecule has 2 rings (SSSR count). The highest BCUT2D eigenvalue weighted by atomic mass is 79.9. The van der Waals surface area contributed by atoms with Crippen molar-refractivity contribution >= 4 is 26.0 Å². The van der Waals surface area contributed by atoms with Crippen molar-refractivity contribution in [3.63, 3.8) is 0 Å². The Balaban J connectivity index is 1.92. The number of halogens is 3. The summed E-state index contributed by atoms with van der Waals surface area (Å²) in [6.45, 7) is 2.48. The van der Waals surface area contributed by atoms with Crippen LogP contribution in [0.5, 0.6) is 0 Å². The number of sulfonamides is 1. The highest BCUT2D eigenvalue weighted by Gasteiger charge is 2.18. The van der Waals surface area contributed by atoms with Gasteiger partial charge in [0.1, 0.15) is 16.5 Å². The van der Waals surface area contributed by atoms with Crippen molar-refractivity contribution in [3.05, 3.63) is 46.2 Å². The Labute approximate surface area is 135 Å². The Hall–Kier alpha value is -1.32. The number of aromatic nitrogens is 2. The smallest absolute Gasteiger partial charge is 0.243 e. The lowest BCUT2D eigenvalue weighted by molar-refractivity contribution is 0.534. The second-order valence-corrected chi connectivity index (χ2v) is 7.24. The molecule has 1 N–H and O–H groups in total. The van der Waals surface area contributed by atoms with Gasteiger partial charge < -0.3 is 0 Å². The van der Waals surface area contributed by atoms with E-state index in [1.54, 1.807) is 10.9 Å². The van der Waals surface area contributed by atoms with Gasteiger partial charge in [0.2, 0.25) is 10.0 Å². The number of hydrogen-bond acceptors (Lipinski definition) is 3. The molecule has 0 radical (unpaired) electrons. The van der Waals surface area contributed by atoms with Crippen molar-refractivity contribution in [3.8, 4) is 0 Å². The molecule has 9 heteroatoms. The van der Waals surface area contributed by atoms with Gasteiger partial charge in [-0.1, -0.05) is 0 Å². The van der Waals surface area contributed by atoms with Crippen LogP contribution in [0.15, 0.2) is 33.8 Å². The summed E-state index contributed by atoms with van der Waals surface area (Å²) >= 11 is 3.33. The van der Waals surface area contributed by atoms with Crippen LogP contribution in [0.3, 0.4) is 0 Å². The van der Waals surface area contributed by atoms with E-state index in [9.17, 15) is 17.2 Å². The number of hydrogen-bond donors (Lipinski definition) is 1. The van der Waals surface area contributed by atoms with Crippen molar-refractivity contribution in [1.82, 2.24) is 14.5 Å².